The third kappa shape index (κ3) is 2.58. The van der Waals surface area contributed by atoms with Crippen LogP contribution in [0.1, 0.15) is 28.8 Å². The molecule has 1 heterocycles. The normalized spacial score (nSPS) is 20.4. The number of carbonyl (C=O) groups excluding carboxylic acids is 1. The summed E-state index contributed by atoms with van der Waals surface area (Å²) in [5.41, 5.74) is 7.15. The van der Waals surface area contributed by atoms with E-state index in [-0.39, 0.29) is 17.7 Å². The van der Waals surface area contributed by atoms with Crippen LogP contribution in [0.4, 0.5) is 0 Å². The second-order valence-corrected chi connectivity index (χ2v) is 4.67. The summed E-state index contributed by atoms with van der Waals surface area (Å²) >= 11 is 0. The molecule has 1 aromatic rings. The maximum atomic E-state index is 12.2. The van der Waals surface area contributed by atoms with Crippen molar-refractivity contribution in [2.45, 2.75) is 25.8 Å². The van der Waals surface area contributed by atoms with E-state index < -0.39 is 0 Å². The van der Waals surface area contributed by atoms with E-state index in [0.717, 1.165) is 24.9 Å². The van der Waals surface area contributed by atoms with Crippen molar-refractivity contribution in [3.8, 4) is 5.75 Å². The number of aryl methyl sites for hydroxylation is 1. The smallest absolute Gasteiger partial charge is 0.257 e. The zero-order chi connectivity index (χ0) is 12.4. The number of nitrogens with two attached hydrogens (primary N) is 1. The van der Waals surface area contributed by atoms with E-state index in [1.165, 1.54) is 0 Å². The zero-order valence-electron chi connectivity index (χ0n) is 10.0. The molecule has 0 radical (unpaired) electrons. The van der Waals surface area contributed by atoms with Gasteiger partial charge in [0.2, 0.25) is 0 Å². The van der Waals surface area contributed by atoms with Crippen molar-refractivity contribution in [2.75, 3.05) is 13.1 Å². The topological polar surface area (TPSA) is 66.6 Å². The highest BCUT2D eigenvalue weighted by molar-refractivity contribution is 5.97. The molecule has 0 aromatic heterocycles. The van der Waals surface area contributed by atoms with Crippen LogP contribution in [0.15, 0.2) is 18.2 Å². The van der Waals surface area contributed by atoms with Gasteiger partial charge in [-0.3, -0.25) is 4.79 Å². The Kier molecular flexibility index (Phi) is 3.33. The number of benzene rings is 1. The Balaban J connectivity index is 2.18. The number of hydrogen-bond acceptors (Lipinski definition) is 3. The molecule has 92 valence electrons. The van der Waals surface area contributed by atoms with Crippen molar-refractivity contribution in [3.63, 3.8) is 0 Å². The molecule has 2 rings (SSSR count). The van der Waals surface area contributed by atoms with Crippen molar-refractivity contribution >= 4 is 5.91 Å². The molecular formula is C13H18N2O2. The molecule has 0 spiro atoms. The molecule has 4 nitrogen and oxygen atoms in total. The lowest BCUT2D eigenvalue weighted by Gasteiger charge is -2.31. The second-order valence-electron chi connectivity index (χ2n) is 4.67. The summed E-state index contributed by atoms with van der Waals surface area (Å²) in [4.78, 5) is 13.9. The van der Waals surface area contributed by atoms with Crippen LogP contribution in [-0.2, 0) is 0 Å². The molecule has 1 saturated heterocycles. The summed E-state index contributed by atoms with van der Waals surface area (Å²) in [6, 6.07) is 5.17. The quantitative estimate of drug-likeness (QED) is 0.769. The molecule has 3 N–H and O–H groups in total. The first-order valence-electron chi connectivity index (χ1n) is 5.92. The van der Waals surface area contributed by atoms with Gasteiger partial charge in [0.25, 0.3) is 5.91 Å². The summed E-state index contributed by atoms with van der Waals surface area (Å²) in [5, 5.41) is 9.78. The molecule has 0 aliphatic carbocycles. The Labute approximate surface area is 101 Å². The van der Waals surface area contributed by atoms with E-state index in [4.69, 9.17) is 5.73 Å². The molecule has 0 unspecified atom stereocenters. The number of carbonyl (C=O) groups is 1. The van der Waals surface area contributed by atoms with Crippen molar-refractivity contribution in [1.29, 1.82) is 0 Å². The minimum Gasteiger partial charge on any atom is -0.507 e. The Morgan fingerprint density at radius 3 is 2.94 bits per heavy atom. The highest BCUT2D eigenvalue weighted by atomic mass is 16.3. The lowest BCUT2D eigenvalue weighted by Crippen LogP contribution is -2.45. The number of likely N-dealkylation sites (tertiary alicyclic amines) is 1. The summed E-state index contributed by atoms with van der Waals surface area (Å²) in [6.07, 6.45) is 1.89. The van der Waals surface area contributed by atoms with Gasteiger partial charge < -0.3 is 15.7 Å². The maximum Gasteiger partial charge on any atom is 0.257 e. The fraction of sp³-hybridized carbons (Fsp3) is 0.462. The van der Waals surface area contributed by atoms with E-state index in [9.17, 15) is 9.90 Å². The van der Waals surface area contributed by atoms with Crippen LogP contribution in [0.25, 0.3) is 0 Å². The first-order valence-corrected chi connectivity index (χ1v) is 5.92. The number of aromatic hydroxyl groups is 1. The molecular weight excluding hydrogens is 216 g/mol. The van der Waals surface area contributed by atoms with Crippen LogP contribution >= 0.6 is 0 Å². The number of amides is 1. The van der Waals surface area contributed by atoms with Crippen LogP contribution in [0.2, 0.25) is 0 Å². The fourth-order valence-electron chi connectivity index (χ4n) is 2.19. The van der Waals surface area contributed by atoms with Crippen LogP contribution in [0.3, 0.4) is 0 Å². The standard InChI is InChI=1S/C13H18N2O2/c1-9-4-5-11(12(16)7-9)13(17)15-6-2-3-10(14)8-15/h4-5,7,10,16H,2-3,6,8,14H2,1H3/t10-/m1/s1. The predicted molar refractivity (Wildman–Crippen MR) is 66.0 cm³/mol. The van der Waals surface area contributed by atoms with Gasteiger partial charge in [-0.2, -0.15) is 0 Å². The molecule has 1 atom stereocenters. The van der Waals surface area contributed by atoms with Crippen LogP contribution in [0, 0.1) is 6.92 Å². The van der Waals surface area contributed by atoms with E-state index in [1.54, 1.807) is 17.0 Å². The largest absolute Gasteiger partial charge is 0.507 e. The third-order valence-corrected chi connectivity index (χ3v) is 3.13. The number of phenolic OH excluding ortho intramolecular Hbond substituents is 1. The first-order chi connectivity index (χ1) is 8.08. The SMILES string of the molecule is Cc1ccc(C(=O)N2CCC[C@@H](N)C2)c(O)c1. The second kappa shape index (κ2) is 4.75. The van der Waals surface area contributed by atoms with Crippen LogP contribution < -0.4 is 5.73 Å². The van der Waals surface area contributed by atoms with Gasteiger partial charge in [-0.1, -0.05) is 6.07 Å². The van der Waals surface area contributed by atoms with Gasteiger partial charge in [-0.25, -0.2) is 0 Å². The fourth-order valence-corrected chi connectivity index (χ4v) is 2.19. The Morgan fingerprint density at radius 2 is 2.29 bits per heavy atom. The highest BCUT2D eigenvalue weighted by Crippen LogP contribution is 2.21. The average Bonchev–Trinajstić information content (AvgIpc) is 2.28. The Bertz CT molecular complexity index is 431. The van der Waals surface area contributed by atoms with Gasteiger partial charge in [-0.15, -0.1) is 0 Å². The average molecular weight is 234 g/mol. The number of hydrogen-bond donors (Lipinski definition) is 2. The molecule has 1 aromatic carbocycles. The monoisotopic (exact) mass is 234 g/mol. The minimum absolute atomic E-state index is 0.0501. The van der Waals surface area contributed by atoms with Gasteiger partial charge in [0, 0.05) is 19.1 Å². The van der Waals surface area contributed by atoms with Gasteiger partial charge >= 0.3 is 0 Å². The number of piperidine rings is 1. The molecule has 1 amide bonds. The zero-order valence-corrected chi connectivity index (χ0v) is 10.0. The van der Waals surface area contributed by atoms with Gasteiger partial charge in [0.1, 0.15) is 5.75 Å². The Morgan fingerprint density at radius 1 is 1.53 bits per heavy atom. The number of nitrogens with zero attached hydrogens (tertiary/aromatic N) is 1. The molecule has 1 aliphatic rings. The van der Waals surface area contributed by atoms with E-state index >= 15 is 0 Å². The predicted octanol–water partition coefficient (Wildman–Crippen LogP) is 1.26. The molecule has 1 aliphatic heterocycles. The van der Waals surface area contributed by atoms with Crippen molar-refractivity contribution < 1.29 is 9.90 Å². The Hall–Kier alpha value is -1.55. The van der Waals surface area contributed by atoms with E-state index in [0.29, 0.717) is 12.1 Å². The molecule has 4 heteroatoms. The van der Waals surface area contributed by atoms with Crippen molar-refractivity contribution in [2.24, 2.45) is 5.73 Å². The summed E-state index contributed by atoms with van der Waals surface area (Å²) in [7, 11) is 0. The number of phenols is 1. The van der Waals surface area contributed by atoms with Crippen LogP contribution in [0.5, 0.6) is 5.75 Å². The van der Waals surface area contributed by atoms with E-state index in [2.05, 4.69) is 0 Å². The van der Waals surface area contributed by atoms with Crippen molar-refractivity contribution in [1.82, 2.24) is 4.90 Å². The molecule has 1 fully saturated rings. The molecule has 17 heavy (non-hydrogen) atoms. The summed E-state index contributed by atoms with van der Waals surface area (Å²) in [5.74, 6) is -0.0770. The number of rotatable bonds is 1. The lowest BCUT2D eigenvalue weighted by molar-refractivity contribution is 0.0706. The first kappa shape index (κ1) is 11.9. The van der Waals surface area contributed by atoms with E-state index in [1.807, 2.05) is 13.0 Å². The van der Waals surface area contributed by atoms with Crippen molar-refractivity contribution in [3.05, 3.63) is 29.3 Å². The van der Waals surface area contributed by atoms with Gasteiger partial charge in [-0.05, 0) is 37.5 Å². The van der Waals surface area contributed by atoms with Gasteiger partial charge in [0.15, 0.2) is 0 Å². The highest BCUT2D eigenvalue weighted by Gasteiger charge is 2.23. The lowest BCUT2D eigenvalue weighted by atomic mass is 10.0. The third-order valence-electron chi connectivity index (χ3n) is 3.13. The molecule has 0 saturated carbocycles. The maximum absolute atomic E-state index is 12.2. The summed E-state index contributed by atoms with van der Waals surface area (Å²) < 4.78 is 0. The minimum atomic E-state index is -0.127. The molecule has 0 bridgehead atoms. The van der Waals surface area contributed by atoms with Gasteiger partial charge in [0.05, 0.1) is 5.56 Å². The van der Waals surface area contributed by atoms with Crippen LogP contribution in [-0.4, -0.2) is 35.0 Å². The summed E-state index contributed by atoms with van der Waals surface area (Å²) in [6.45, 7) is 3.18.